The number of hydrogen-bond donors (Lipinski definition) is 0. The van der Waals surface area contributed by atoms with Crippen LogP contribution in [0.15, 0.2) is 12.2 Å². The molecule has 130 valence electrons. The molecule has 0 N–H and O–H groups in total. The summed E-state index contributed by atoms with van der Waals surface area (Å²) in [5.74, 6) is -0.345. The molecule has 0 aromatic heterocycles. The highest BCUT2D eigenvalue weighted by atomic mass is 35.5. The lowest BCUT2D eigenvalue weighted by atomic mass is 10.1. The second-order valence-electron chi connectivity index (χ2n) is 6.00. The molecule has 0 spiro atoms. The molecular weight excluding hydrogens is 296 g/mol. The number of unbranched alkanes of at least 4 members (excludes halogenated alkanes) is 8. The maximum Gasteiger partial charge on any atom is 0.321 e. The predicted octanol–water partition coefficient (Wildman–Crippen LogP) is 6.41. The Kier molecular flexibility index (Phi) is 16.5. The third-order valence-electron chi connectivity index (χ3n) is 3.83. The predicted molar refractivity (Wildman–Crippen MR) is 96.5 cm³/mol. The zero-order chi connectivity index (χ0) is 16.5. The lowest BCUT2D eigenvalue weighted by Gasteiger charge is -2.15. The lowest BCUT2D eigenvalue weighted by molar-refractivity contribution is -0.146. The molecule has 0 aliphatic carbocycles. The Morgan fingerprint density at radius 1 is 0.955 bits per heavy atom. The minimum atomic E-state index is -0.296. The van der Waals surface area contributed by atoms with E-state index in [0.717, 1.165) is 25.7 Å². The van der Waals surface area contributed by atoms with Crippen LogP contribution in [0.25, 0.3) is 0 Å². The van der Waals surface area contributed by atoms with Crippen molar-refractivity contribution in [1.29, 1.82) is 0 Å². The van der Waals surface area contributed by atoms with Crippen LogP contribution in [0.4, 0.5) is 0 Å². The number of allylic oxidation sites excluding steroid dienone is 1. The summed E-state index contributed by atoms with van der Waals surface area (Å²) in [6, 6.07) is 0. The SMILES string of the molecule is CCCCCCCC=CCC(CCCCCC)OC(=O)CCl. The molecule has 1 unspecified atom stereocenters. The number of halogens is 1. The normalized spacial score (nSPS) is 12.7. The molecule has 0 aromatic rings. The van der Waals surface area contributed by atoms with Crippen LogP contribution in [-0.4, -0.2) is 18.0 Å². The summed E-state index contributed by atoms with van der Waals surface area (Å²) in [6.45, 7) is 4.44. The largest absolute Gasteiger partial charge is 0.461 e. The van der Waals surface area contributed by atoms with Gasteiger partial charge in [-0.05, 0) is 25.7 Å². The number of carbonyl (C=O) groups excluding carboxylic acids is 1. The van der Waals surface area contributed by atoms with Gasteiger partial charge in [0.15, 0.2) is 0 Å². The first-order chi connectivity index (χ1) is 10.7. The molecule has 0 aliphatic heterocycles. The maximum atomic E-state index is 11.4. The summed E-state index contributed by atoms with van der Waals surface area (Å²) >= 11 is 5.53. The Balaban J connectivity index is 3.87. The van der Waals surface area contributed by atoms with Crippen LogP contribution in [-0.2, 0) is 9.53 Å². The van der Waals surface area contributed by atoms with Crippen molar-refractivity contribution in [3.8, 4) is 0 Å². The molecule has 0 saturated heterocycles. The molecule has 0 heterocycles. The molecule has 2 nitrogen and oxygen atoms in total. The van der Waals surface area contributed by atoms with Crippen LogP contribution in [0.5, 0.6) is 0 Å². The zero-order valence-electron chi connectivity index (χ0n) is 14.6. The first kappa shape index (κ1) is 21.5. The average Bonchev–Trinajstić information content (AvgIpc) is 2.53. The Morgan fingerprint density at radius 3 is 2.23 bits per heavy atom. The first-order valence-corrected chi connectivity index (χ1v) is 9.68. The Bertz CT molecular complexity index is 277. The van der Waals surface area contributed by atoms with Crippen molar-refractivity contribution >= 4 is 17.6 Å². The molecule has 0 radical (unpaired) electrons. The number of alkyl halides is 1. The zero-order valence-corrected chi connectivity index (χ0v) is 15.4. The van der Waals surface area contributed by atoms with Crippen molar-refractivity contribution in [2.24, 2.45) is 0 Å². The van der Waals surface area contributed by atoms with Gasteiger partial charge in [0.05, 0.1) is 0 Å². The van der Waals surface area contributed by atoms with Crippen LogP contribution in [0.3, 0.4) is 0 Å². The van der Waals surface area contributed by atoms with Gasteiger partial charge in [0.1, 0.15) is 12.0 Å². The van der Waals surface area contributed by atoms with E-state index >= 15 is 0 Å². The van der Waals surface area contributed by atoms with E-state index < -0.39 is 0 Å². The van der Waals surface area contributed by atoms with Gasteiger partial charge in [-0.2, -0.15) is 0 Å². The molecule has 0 amide bonds. The summed E-state index contributed by atoms with van der Waals surface area (Å²) < 4.78 is 5.42. The van der Waals surface area contributed by atoms with E-state index in [0.29, 0.717) is 0 Å². The van der Waals surface area contributed by atoms with Gasteiger partial charge in [0.2, 0.25) is 0 Å². The van der Waals surface area contributed by atoms with Crippen molar-refractivity contribution < 1.29 is 9.53 Å². The van der Waals surface area contributed by atoms with E-state index in [9.17, 15) is 4.79 Å². The van der Waals surface area contributed by atoms with Crippen molar-refractivity contribution in [2.45, 2.75) is 97.0 Å². The molecule has 0 rings (SSSR count). The highest BCUT2D eigenvalue weighted by molar-refractivity contribution is 6.26. The minimum absolute atomic E-state index is 0.000512. The highest BCUT2D eigenvalue weighted by Crippen LogP contribution is 2.13. The number of carbonyl (C=O) groups is 1. The van der Waals surface area contributed by atoms with Gasteiger partial charge in [-0.1, -0.05) is 70.9 Å². The smallest absolute Gasteiger partial charge is 0.321 e. The average molecular weight is 331 g/mol. The van der Waals surface area contributed by atoms with Crippen molar-refractivity contribution in [3.63, 3.8) is 0 Å². The number of hydrogen-bond acceptors (Lipinski definition) is 2. The lowest BCUT2D eigenvalue weighted by Crippen LogP contribution is -2.18. The van der Waals surface area contributed by atoms with Gasteiger partial charge in [-0.3, -0.25) is 4.79 Å². The topological polar surface area (TPSA) is 26.3 Å². The van der Waals surface area contributed by atoms with Gasteiger partial charge >= 0.3 is 5.97 Å². The van der Waals surface area contributed by atoms with Crippen LogP contribution in [0.2, 0.25) is 0 Å². The van der Waals surface area contributed by atoms with Crippen LogP contribution in [0, 0.1) is 0 Å². The molecule has 1 atom stereocenters. The fourth-order valence-corrected chi connectivity index (χ4v) is 2.54. The number of esters is 1. The number of ether oxygens (including phenoxy) is 1. The van der Waals surface area contributed by atoms with Crippen molar-refractivity contribution in [3.05, 3.63) is 12.2 Å². The van der Waals surface area contributed by atoms with Gasteiger partial charge in [-0.15, -0.1) is 11.6 Å². The Labute approximate surface area is 142 Å². The van der Waals surface area contributed by atoms with E-state index in [-0.39, 0.29) is 18.0 Å². The summed E-state index contributed by atoms with van der Waals surface area (Å²) in [5, 5.41) is 0. The summed E-state index contributed by atoms with van der Waals surface area (Å²) in [5.41, 5.74) is 0. The number of rotatable bonds is 15. The quantitative estimate of drug-likeness (QED) is 0.150. The first-order valence-electron chi connectivity index (χ1n) is 9.15. The van der Waals surface area contributed by atoms with E-state index in [1.54, 1.807) is 0 Å². The molecular formula is C19H35ClO2. The molecule has 0 aromatic carbocycles. The summed E-state index contributed by atoms with van der Waals surface area (Å²) in [7, 11) is 0. The molecule has 0 fully saturated rings. The third kappa shape index (κ3) is 14.4. The highest BCUT2D eigenvalue weighted by Gasteiger charge is 2.11. The van der Waals surface area contributed by atoms with Gasteiger partial charge in [0.25, 0.3) is 0 Å². The second kappa shape index (κ2) is 16.9. The molecule has 3 heteroatoms. The second-order valence-corrected chi connectivity index (χ2v) is 6.27. The minimum Gasteiger partial charge on any atom is -0.461 e. The Morgan fingerprint density at radius 2 is 1.59 bits per heavy atom. The van der Waals surface area contributed by atoms with Crippen LogP contribution in [0.1, 0.15) is 90.9 Å². The molecule has 22 heavy (non-hydrogen) atoms. The van der Waals surface area contributed by atoms with E-state index in [4.69, 9.17) is 16.3 Å². The summed E-state index contributed by atoms with van der Waals surface area (Å²) in [6.07, 6.45) is 18.7. The van der Waals surface area contributed by atoms with E-state index in [2.05, 4.69) is 26.0 Å². The fourth-order valence-electron chi connectivity index (χ4n) is 2.47. The van der Waals surface area contributed by atoms with Crippen molar-refractivity contribution in [2.75, 3.05) is 5.88 Å². The van der Waals surface area contributed by atoms with Crippen molar-refractivity contribution in [1.82, 2.24) is 0 Å². The Hall–Kier alpha value is -0.500. The molecule has 0 bridgehead atoms. The maximum absolute atomic E-state index is 11.4. The van der Waals surface area contributed by atoms with Gasteiger partial charge in [0, 0.05) is 6.42 Å². The van der Waals surface area contributed by atoms with Gasteiger partial charge < -0.3 is 4.74 Å². The van der Waals surface area contributed by atoms with Crippen LogP contribution >= 0.6 is 11.6 Å². The fraction of sp³-hybridized carbons (Fsp3) is 0.842. The monoisotopic (exact) mass is 330 g/mol. The standard InChI is InChI=1S/C19H35ClO2/c1-3-5-7-9-10-11-12-14-16-18(22-19(21)17-20)15-13-8-6-4-2/h12,14,18H,3-11,13,15-17H2,1-2H3. The third-order valence-corrected chi connectivity index (χ3v) is 4.05. The van der Waals surface area contributed by atoms with E-state index in [1.165, 1.54) is 51.4 Å². The van der Waals surface area contributed by atoms with Gasteiger partial charge in [-0.25, -0.2) is 0 Å². The van der Waals surface area contributed by atoms with E-state index in [1.807, 2.05) is 0 Å². The van der Waals surface area contributed by atoms with Crippen LogP contribution < -0.4 is 0 Å². The summed E-state index contributed by atoms with van der Waals surface area (Å²) in [4.78, 5) is 11.4. The molecule has 0 aliphatic rings. The molecule has 0 saturated carbocycles.